The van der Waals surface area contributed by atoms with Gasteiger partial charge < -0.3 is 10.6 Å². The van der Waals surface area contributed by atoms with Gasteiger partial charge in [-0.2, -0.15) is 0 Å². The SMILES string of the molecule is Cc1ccc(NC(=O)c2cccc(NC3=C(Cl)C(=O)N(c4ccc(Cl)c(Cl)c4)C3=O)c2)c(C)c1. The average molecular weight is 515 g/mol. The highest BCUT2D eigenvalue weighted by Gasteiger charge is 2.39. The van der Waals surface area contributed by atoms with Gasteiger partial charge in [-0.25, -0.2) is 4.90 Å². The van der Waals surface area contributed by atoms with Crippen molar-refractivity contribution in [2.75, 3.05) is 15.5 Å². The number of imide groups is 1. The first-order valence-electron chi connectivity index (χ1n) is 10.1. The van der Waals surface area contributed by atoms with Crippen molar-refractivity contribution >= 4 is 69.6 Å². The summed E-state index contributed by atoms with van der Waals surface area (Å²) in [4.78, 5) is 39.4. The van der Waals surface area contributed by atoms with E-state index in [1.807, 2.05) is 32.0 Å². The Labute approximate surface area is 211 Å². The molecule has 0 unspecified atom stereocenters. The Bertz CT molecular complexity index is 1380. The molecule has 3 amide bonds. The van der Waals surface area contributed by atoms with Gasteiger partial charge in [0.15, 0.2) is 0 Å². The van der Waals surface area contributed by atoms with E-state index in [1.165, 1.54) is 18.2 Å². The quantitative estimate of drug-likeness (QED) is 0.392. The molecule has 0 bridgehead atoms. The van der Waals surface area contributed by atoms with Crippen molar-refractivity contribution < 1.29 is 14.4 Å². The van der Waals surface area contributed by atoms with E-state index in [-0.39, 0.29) is 32.4 Å². The number of benzene rings is 3. The van der Waals surface area contributed by atoms with Crippen LogP contribution in [0.1, 0.15) is 21.5 Å². The van der Waals surface area contributed by atoms with E-state index in [9.17, 15) is 14.4 Å². The number of rotatable bonds is 5. The van der Waals surface area contributed by atoms with Gasteiger partial charge in [0.25, 0.3) is 17.7 Å². The second-order valence-electron chi connectivity index (χ2n) is 7.71. The van der Waals surface area contributed by atoms with Crippen molar-refractivity contribution in [3.8, 4) is 0 Å². The summed E-state index contributed by atoms with van der Waals surface area (Å²) in [5.74, 6) is -1.67. The molecular formula is C25H18Cl3N3O3. The van der Waals surface area contributed by atoms with E-state index in [0.717, 1.165) is 16.0 Å². The topological polar surface area (TPSA) is 78.5 Å². The van der Waals surface area contributed by atoms with Gasteiger partial charge in [-0.1, -0.05) is 58.6 Å². The lowest BCUT2D eigenvalue weighted by Crippen LogP contribution is -2.32. The first kappa shape index (κ1) is 23.8. The van der Waals surface area contributed by atoms with E-state index in [1.54, 1.807) is 24.3 Å². The van der Waals surface area contributed by atoms with E-state index in [2.05, 4.69) is 10.6 Å². The molecule has 0 aromatic heterocycles. The van der Waals surface area contributed by atoms with Crippen LogP contribution in [-0.2, 0) is 9.59 Å². The maximum absolute atomic E-state index is 13.0. The normalized spacial score (nSPS) is 13.5. The zero-order valence-corrected chi connectivity index (χ0v) is 20.3. The molecule has 3 aromatic carbocycles. The molecule has 1 aliphatic rings. The zero-order valence-electron chi connectivity index (χ0n) is 18.1. The summed E-state index contributed by atoms with van der Waals surface area (Å²) >= 11 is 18.2. The number of hydrogen-bond acceptors (Lipinski definition) is 4. The van der Waals surface area contributed by atoms with Crippen LogP contribution in [0.5, 0.6) is 0 Å². The Hall–Kier alpha value is -3.32. The molecule has 0 atom stereocenters. The number of carbonyl (C=O) groups excluding carboxylic acids is 3. The van der Waals surface area contributed by atoms with Crippen LogP contribution in [0.25, 0.3) is 0 Å². The molecule has 172 valence electrons. The van der Waals surface area contributed by atoms with Crippen LogP contribution in [0.15, 0.2) is 71.4 Å². The van der Waals surface area contributed by atoms with Crippen LogP contribution in [0, 0.1) is 13.8 Å². The van der Waals surface area contributed by atoms with Crippen LogP contribution in [0.3, 0.4) is 0 Å². The number of nitrogens with one attached hydrogen (secondary N) is 2. The van der Waals surface area contributed by atoms with Crippen molar-refractivity contribution in [3.63, 3.8) is 0 Å². The summed E-state index contributed by atoms with van der Waals surface area (Å²) in [6, 6.07) is 16.6. The van der Waals surface area contributed by atoms with Crippen LogP contribution in [-0.4, -0.2) is 17.7 Å². The van der Waals surface area contributed by atoms with Crippen molar-refractivity contribution in [1.82, 2.24) is 0 Å². The number of hydrogen-bond donors (Lipinski definition) is 2. The van der Waals surface area contributed by atoms with E-state index in [0.29, 0.717) is 16.9 Å². The minimum Gasteiger partial charge on any atom is -0.350 e. The van der Waals surface area contributed by atoms with Crippen molar-refractivity contribution in [2.45, 2.75) is 13.8 Å². The summed E-state index contributed by atoms with van der Waals surface area (Å²) < 4.78 is 0. The molecule has 0 aliphatic carbocycles. The number of aryl methyl sites for hydroxylation is 2. The van der Waals surface area contributed by atoms with Gasteiger partial charge in [0, 0.05) is 16.9 Å². The van der Waals surface area contributed by atoms with Gasteiger partial charge in [0.2, 0.25) is 0 Å². The lowest BCUT2D eigenvalue weighted by Gasteiger charge is -2.16. The molecule has 1 heterocycles. The Morgan fingerprint density at radius 1 is 0.853 bits per heavy atom. The minimum absolute atomic E-state index is 0.107. The molecule has 1 aliphatic heterocycles. The highest BCUT2D eigenvalue weighted by atomic mass is 35.5. The van der Waals surface area contributed by atoms with Gasteiger partial charge in [-0.05, 0) is 61.9 Å². The van der Waals surface area contributed by atoms with Gasteiger partial charge in [-0.3, -0.25) is 14.4 Å². The predicted molar refractivity (Wildman–Crippen MR) is 136 cm³/mol. The van der Waals surface area contributed by atoms with Gasteiger partial charge in [0.1, 0.15) is 10.7 Å². The highest BCUT2D eigenvalue weighted by molar-refractivity contribution is 6.53. The van der Waals surface area contributed by atoms with Gasteiger partial charge >= 0.3 is 0 Å². The third-order valence-electron chi connectivity index (χ3n) is 5.21. The average Bonchev–Trinajstić information content (AvgIpc) is 3.01. The Kier molecular flexibility index (Phi) is 6.66. The van der Waals surface area contributed by atoms with Crippen LogP contribution in [0.2, 0.25) is 10.0 Å². The number of anilines is 3. The minimum atomic E-state index is -0.698. The number of amides is 3. The van der Waals surface area contributed by atoms with Gasteiger partial charge in [0.05, 0.1) is 15.7 Å². The summed E-state index contributed by atoms with van der Waals surface area (Å²) in [5, 5.41) is 5.96. The molecule has 0 saturated heterocycles. The smallest absolute Gasteiger partial charge is 0.283 e. The van der Waals surface area contributed by atoms with Crippen molar-refractivity contribution in [2.24, 2.45) is 0 Å². The van der Waals surface area contributed by atoms with E-state index in [4.69, 9.17) is 34.8 Å². The monoisotopic (exact) mass is 513 g/mol. The Balaban J connectivity index is 1.55. The number of halogens is 3. The lowest BCUT2D eigenvalue weighted by molar-refractivity contribution is -0.120. The second kappa shape index (κ2) is 9.50. The Morgan fingerprint density at radius 3 is 2.32 bits per heavy atom. The summed E-state index contributed by atoms with van der Waals surface area (Å²) in [6.07, 6.45) is 0. The summed E-state index contributed by atoms with van der Waals surface area (Å²) in [6.45, 7) is 3.89. The molecule has 0 saturated carbocycles. The fourth-order valence-electron chi connectivity index (χ4n) is 3.50. The van der Waals surface area contributed by atoms with Gasteiger partial charge in [-0.15, -0.1) is 0 Å². The van der Waals surface area contributed by atoms with E-state index >= 15 is 0 Å². The second-order valence-corrected chi connectivity index (χ2v) is 8.90. The predicted octanol–water partition coefficient (Wildman–Crippen LogP) is 6.30. The van der Waals surface area contributed by atoms with Crippen LogP contribution >= 0.6 is 34.8 Å². The molecule has 9 heteroatoms. The molecular weight excluding hydrogens is 497 g/mol. The van der Waals surface area contributed by atoms with Crippen LogP contribution in [0.4, 0.5) is 17.1 Å². The third-order valence-corrected chi connectivity index (χ3v) is 6.30. The van der Waals surface area contributed by atoms with Crippen molar-refractivity contribution in [1.29, 1.82) is 0 Å². The molecule has 3 aromatic rings. The maximum Gasteiger partial charge on any atom is 0.283 e. The van der Waals surface area contributed by atoms with E-state index < -0.39 is 11.8 Å². The first-order chi connectivity index (χ1) is 16.2. The summed E-state index contributed by atoms with van der Waals surface area (Å²) in [5.41, 5.74) is 3.65. The molecule has 34 heavy (non-hydrogen) atoms. The van der Waals surface area contributed by atoms with Crippen molar-refractivity contribution in [3.05, 3.63) is 98.1 Å². The fraction of sp³-hybridized carbons (Fsp3) is 0.0800. The standard InChI is InChI=1S/C25H18Cl3N3O3/c1-13-6-9-20(14(2)10-13)30-23(32)15-4-3-5-16(11-15)29-22-21(28)24(33)31(25(22)34)17-7-8-18(26)19(27)12-17/h3-12,29H,1-2H3,(H,30,32). The lowest BCUT2D eigenvalue weighted by atomic mass is 10.1. The molecule has 2 N–H and O–H groups in total. The molecule has 0 fully saturated rings. The molecule has 0 spiro atoms. The zero-order chi connectivity index (χ0) is 24.6. The highest BCUT2D eigenvalue weighted by Crippen LogP contribution is 2.33. The number of carbonyl (C=O) groups is 3. The third kappa shape index (κ3) is 4.66. The number of nitrogens with zero attached hydrogens (tertiary/aromatic N) is 1. The van der Waals surface area contributed by atoms with Crippen LogP contribution < -0.4 is 15.5 Å². The fourth-order valence-corrected chi connectivity index (χ4v) is 4.01. The molecule has 0 radical (unpaired) electrons. The first-order valence-corrected chi connectivity index (χ1v) is 11.3. The molecule has 4 rings (SSSR count). The molecule has 6 nitrogen and oxygen atoms in total. The Morgan fingerprint density at radius 2 is 1.62 bits per heavy atom. The maximum atomic E-state index is 13.0. The largest absolute Gasteiger partial charge is 0.350 e. The summed E-state index contributed by atoms with van der Waals surface area (Å²) in [7, 11) is 0.